The highest BCUT2D eigenvalue weighted by Crippen LogP contribution is 2.29. The van der Waals surface area contributed by atoms with Gasteiger partial charge in [0, 0.05) is 36.8 Å². The molecular formula is C31H32N4O3. The normalized spacial score (nSPS) is 13.8. The van der Waals surface area contributed by atoms with Crippen LogP contribution in [-0.4, -0.2) is 36.5 Å². The van der Waals surface area contributed by atoms with Gasteiger partial charge in [-0.1, -0.05) is 42.5 Å². The third kappa shape index (κ3) is 6.48. The van der Waals surface area contributed by atoms with Crippen molar-refractivity contribution in [1.82, 2.24) is 4.98 Å². The quantitative estimate of drug-likeness (QED) is 0.320. The van der Waals surface area contributed by atoms with E-state index in [0.717, 1.165) is 49.1 Å². The molecule has 2 N–H and O–H groups in total. The van der Waals surface area contributed by atoms with Crippen molar-refractivity contribution in [3.63, 3.8) is 0 Å². The highest BCUT2D eigenvalue weighted by molar-refractivity contribution is 5.93. The van der Waals surface area contributed by atoms with Crippen molar-refractivity contribution in [2.45, 2.75) is 26.2 Å². The van der Waals surface area contributed by atoms with E-state index in [1.54, 1.807) is 24.3 Å². The molecule has 2 amide bonds. The Morgan fingerprint density at radius 2 is 1.58 bits per heavy atom. The second-order valence-electron chi connectivity index (χ2n) is 9.71. The second-order valence-corrected chi connectivity index (χ2v) is 9.71. The van der Waals surface area contributed by atoms with Gasteiger partial charge in [0.05, 0.1) is 0 Å². The Morgan fingerprint density at radius 3 is 2.29 bits per heavy atom. The molecule has 5 rings (SSSR count). The molecule has 0 aliphatic carbocycles. The number of amides is 2. The molecule has 7 nitrogen and oxygen atoms in total. The van der Waals surface area contributed by atoms with Gasteiger partial charge < -0.3 is 20.3 Å². The number of pyridine rings is 1. The van der Waals surface area contributed by atoms with E-state index in [2.05, 4.69) is 58.0 Å². The number of aromatic nitrogens is 1. The van der Waals surface area contributed by atoms with Crippen LogP contribution in [0.4, 0.5) is 17.2 Å². The van der Waals surface area contributed by atoms with Crippen molar-refractivity contribution in [2.75, 3.05) is 35.2 Å². The van der Waals surface area contributed by atoms with E-state index in [9.17, 15) is 9.59 Å². The van der Waals surface area contributed by atoms with Gasteiger partial charge in [-0.25, -0.2) is 4.98 Å². The van der Waals surface area contributed by atoms with E-state index in [1.807, 2.05) is 18.2 Å². The van der Waals surface area contributed by atoms with Crippen LogP contribution in [0.2, 0.25) is 0 Å². The summed E-state index contributed by atoms with van der Waals surface area (Å²) in [5.41, 5.74) is 3.46. The number of piperidine rings is 1. The summed E-state index contributed by atoms with van der Waals surface area (Å²) in [7, 11) is 0. The summed E-state index contributed by atoms with van der Waals surface area (Å²) in [6, 6.07) is 27.5. The molecule has 0 spiro atoms. The number of carbonyl (C=O) groups excluding carboxylic acids is 2. The summed E-state index contributed by atoms with van der Waals surface area (Å²) in [4.78, 5) is 31.0. The van der Waals surface area contributed by atoms with Crippen molar-refractivity contribution in [2.24, 2.45) is 5.92 Å². The first-order valence-electron chi connectivity index (χ1n) is 13.0. The number of hydrogen-bond donors (Lipinski definition) is 2. The van der Waals surface area contributed by atoms with Crippen molar-refractivity contribution < 1.29 is 14.3 Å². The molecule has 1 aliphatic rings. The number of benzene rings is 3. The number of carbonyl (C=O) groups is 2. The molecule has 0 bridgehead atoms. The van der Waals surface area contributed by atoms with Gasteiger partial charge in [0.25, 0.3) is 5.91 Å². The van der Waals surface area contributed by atoms with Crippen LogP contribution in [0.1, 0.15) is 25.3 Å². The lowest BCUT2D eigenvalue weighted by Gasteiger charge is -2.33. The van der Waals surface area contributed by atoms with Crippen LogP contribution in [-0.2, 0) is 16.0 Å². The van der Waals surface area contributed by atoms with Crippen molar-refractivity contribution in [3.05, 3.63) is 90.5 Å². The minimum absolute atomic E-state index is 0.136. The van der Waals surface area contributed by atoms with Crippen LogP contribution in [0.25, 0.3) is 10.9 Å². The van der Waals surface area contributed by atoms with Crippen molar-refractivity contribution in [3.8, 4) is 5.75 Å². The van der Waals surface area contributed by atoms with Crippen LogP contribution >= 0.6 is 0 Å². The van der Waals surface area contributed by atoms with Crippen LogP contribution in [0.15, 0.2) is 84.9 Å². The molecule has 3 aromatic carbocycles. The SMILES string of the molecule is CC(=O)Nc1ccc(NC(=O)COc2cccc3ccc(N4CCC(Cc5ccccc5)CC4)nc23)cc1. The first-order chi connectivity index (χ1) is 18.5. The van der Waals surface area contributed by atoms with Crippen LogP contribution in [0.5, 0.6) is 5.75 Å². The highest BCUT2D eigenvalue weighted by Gasteiger charge is 2.21. The number of nitrogens with one attached hydrogen (secondary N) is 2. The molecule has 4 aromatic rings. The van der Waals surface area contributed by atoms with Gasteiger partial charge in [0.1, 0.15) is 17.1 Å². The van der Waals surface area contributed by atoms with E-state index in [1.165, 1.54) is 12.5 Å². The maximum atomic E-state index is 12.5. The summed E-state index contributed by atoms with van der Waals surface area (Å²) in [5.74, 6) is 1.79. The fraction of sp³-hybridized carbons (Fsp3) is 0.258. The lowest BCUT2D eigenvalue weighted by Crippen LogP contribution is -2.34. The predicted octanol–water partition coefficient (Wildman–Crippen LogP) is 5.67. The number of para-hydroxylation sites is 1. The van der Waals surface area contributed by atoms with Crippen molar-refractivity contribution >= 4 is 39.9 Å². The molecule has 0 radical (unpaired) electrons. The first-order valence-corrected chi connectivity index (χ1v) is 13.0. The van der Waals surface area contributed by atoms with Gasteiger partial charge >= 0.3 is 0 Å². The number of nitrogens with zero attached hydrogens (tertiary/aromatic N) is 2. The molecule has 1 fully saturated rings. The molecule has 194 valence electrons. The van der Waals surface area contributed by atoms with Crippen LogP contribution in [0, 0.1) is 5.92 Å². The average molecular weight is 509 g/mol. The largest absolute Gasteiger partial charge is 0.481 e. The number of ether oxygens (including phenoxy) is 1. The zero-order chi connectivity index (χ0) is 26.3. The van der Waals surface area contributed by atoms with E-state index < -0.39 is 0 Å². The Balaban J connectivity index is 1.19. The fourth-order valence-electron chi connectivity index (χ4n) is 4.90. The number of rotatable bonds is 8. The zero-order valence-corrected chi connectivity index (χ0v) is 21.5. The molecule has 1 aromatic heterocycles. The van der Waals surface area contributed by atoms with Gasteiger partial charge in [-0.05, 0) is 73.2 Å². The first kappa shape index (κ1) is 25.3. The lowest BCUT2D eigenvalue weighted by atomic mass is 9.90. The van der Waals surface area contributed by atoms with Gasteiger partial charge in [0.2, 0.25) is 5.91 Å². The monoisotopic (exact) mass is 508 g/mol. The topological polar surface area (TPSA) is 83.6 Å². The molecule has 0 unspecified atom stereocenters. The molecule has 0 atom stereocenters. The average Bonchev–Trinajstić information content (AvgIpc) is 2.93. The minimum Gasteiger partial charge on any atom is -0.481 e. The number of fused-ring (bicyclic) bond motifs is 1. The molecule has 1 aliphatic heterocycles. The van der Waals surface area contributed by atoms with Gasteiger partial charge in [0.15, 0.2) is 6.61 Å². The molecule has 0 saturated carbocycles. The third-order valence-corrected chi connectivity index (χ3v) is 6.82. The molecule has 2 heterocycles. The maximum absolute atomic E-state index is 12.5. The standard InChI is InChI=1S/C31H32N4O3/c1-22(36)32-26-11-13-27(14-12-26)33-30(37)21-38-28-9-5-8-25-10-15-29(34-31(25)28)35-18-16-24(17-19-35)20-23-6-3-2-4-7-23/h2-15,24H,16-21H2,1H3,(H,32,36)(H,33,37). The summed E-state index contributed by atoms with van der Waals surface area (Å²) in [6.45, 7) is 3.26. The molecular weight excluding hydrogens is 476 g/mol. The second kappa shape index (κ2) is 11.8. The van der Waals surface area contributed by atoms with Gasteiger partial charge in [-0.2, -0.15) is 0 Å². The minimum atomic E-state index is -0.272. The molecule has 1 saturated heterocycles. The Hall–Kier alpha value is -4.39. The van der Waals surface area contributed by atoms with Crippen LogP contribution in [0.3, 0.4) is 0 Å². The highest BCUT2D eigenvalue weighted by atomic mass is 16.5. The summed E-state index contributed by atoms with van der Waals surface area (Å²) < 4.78 is 5.91. The van der Waals surface area contributed by atoms with E-state index >= 15 is 0 Å². The third-order valence-electron chi connectivity index (χ3n) is 6.82. The van der Waals surface area contributed by atoms with E-state index in [4.69, 9.17) is 9.72 Å². The van der Waals surface area contributed by atoms with E-state index in [0.29, 0.717) is 23.0 Å². The molecule has 7 heteroatoms. The molecule has 38 heavy (non-hydrogen) atoms. The summed E-state index contributed by atoms with van der Waals surface area (Å²) in [6.07, 6.45) is 3.40. The van der Waals surface area contributed by atoms with E-state index in [-0.39, 0.29) is 18.4 Å². The summed E-state index contributed by atoms with van der Waals surface area (Å²) >= 11 is 0. The van der Waals surface area contributed by atoms with Gasteiger partial charge in [-0.15, -0.1) is 0 Å². The predicted molar refractivity (Wildman–Crippen MR) is 152 cm³/mol. The smallest absolute Gasteiger partial charge is 0.262 e. The van der Waals surface area contributed by atoms with Gasteiger partial charge in [-0.3, -0.25) is 9.59 Å². The van der Waals surface area contributed by atoms with Crippen molar-refractivity contribution in [1.29, 1.82) is 0 Å². The zero-order valence-electron chi connectivity index (χ0n) is 21.5. The number of anilines is 3. The summed E-state index contributed by atoms with van der Waals surface area (Å²) in [5, 5.41) is 6.49. The maximum Gasteiger partial charge on any atom is 0.262 e. The Morgan fingerprint density at radius 1 is 0.868 bits per heavy atom. The number of hydrogen-bond acceptors (Lipinski definition) is 5. The van der Waals surface area contributed by atoms with Crippen LogP contribution < -0.4 is 20.3 Å². The fourth-order valence-corrected chi connectivity index (χ4v) is 4.90. The Bertz CT molecular complexity index is 1400. The lowest BCUT2D eigenvalue weighted by molar-refractivity contribution is -0.118. The Kier molecular flexibility index (Phi) is 7.83. The Labute approximate surface area is 222 Å².